The van der Waals surface area contributed by atoms with E-state index in [2.05, 4.69) is 49.0 Å². The highest BCUT2D eigenvalue weighted by Gasteiger charge is 2.41. The highest BCUT2D eigenvalue weighted by atomic mass is 32.2. The van der Waals surface area contributed by atoms with Crippen molar-refractivity contribution in [2.75, 3.05) is 33.0 Å². The third-order valence-electron chi connectivity index (χ3n) is 13.2. The number of likely N-dealkylation sites (N-methyl/N-ethyl adjacent to an activating group) is 1. The van der Waals surface area contributed by atoms with Gasteiger partial charge in [0, 0.05) is 47.2 Å². The summed E-state index contributed by atoms with van der Waals surface area (Å²) in [5.41, 5.74) is 8.11. The van der Waals surface area contributed by atoms with Crippen molar-refractivity contribution in [1.29, 1.82) is 0 Å². The van der Waals surface area contributed by atoms with Crippen LogP contribution in [-0.2, 0) is 16.6 Å². The van der Waals surface area contributed by atoms with Gasteiger partial charge in [-0.1, -0.05) is 39.2 Å². The summed E-state index contributed by atoms with van der Waals surface area (Å²) >= 11 is 0. The quantitative estimate of drug-likeness (QED) is 0.187. The fourth-order valence-electron chi connectivity index (χ4n) is 10.2. The maximum atomic E-state index is 14.7. The highest BCUT2D eigenvalue weighted by molar-refractivity contribution is 7.90. The van der Waals surface area contributed by atoms with Crippen molar-refractivity contribution >= 4 is 44.4 Å². The molecule has 296 valence electrons. The molecule has 12 heteroatoms. The first-order valence-electron chi connectivity index (χ1n) is 20.7. The van der Waals surface area contributed by atoms with Gasteiger partial charge in [-0.25, -0.2) is 13.1 Å². The second-order valence-electron chi connectivity index (χ2n) is 17.3. The number of aromatic nitrogens is 3. The number of nitrogens with zero attached hydrogens (tertiary/aromatic N) is 5. The van der Waals surface area contributed by atoms with Crippen LogP contribution in [0.2, 0.25) is 0 Å². The fourth-order valence-corrected chi connectivity index (χ4v) is 11.6. The van der Waals surface area contributed by atoms with Crippen molar-refractivity contribution in [2.24, 2.45) is 5.92 Å². The summed E-state index contributed by atoms with van der Waals surface area (Å²) in [5.74, 6) is 0.231. The third kappa shape index (κ3) is 6.56. The van der Waals surface area contributed by atoms with Crippen molar-refractivity contribution < 1.29 is 22.7 Å². The number of methoxy groups -OCH3 is 1. The number of fused-ring (bicyclic) bond motifs is 7. The van der Waals surface area contributed by atoms with Gasteiger partial charge in [0.15, 0.2) is 0 Å². The van der Waals surface area contributed by atoms with Crippen molar-refractivity contribution in [3.63, 3.8) is 0 Å². The van der Waals surface area contributed by atoms with Crippen LogP contribution in [-0.4, -0.2) is 89.5 Å². The summed E-state index contributed by atoms with van der Waals surface area (Å²) in [6.45, 7) is 5.52. The Balaban J connectivity index is 1.23. The van der Waals surface area contributed by atoms with Gasteiger partial charge in [-0.05, 0) is 117 Å². The molecule has 2 aliphatic carbocycles. The molecule has 4 aromatic rings. The smallest absolute Gasteiger partial charge is 0.264 e. The summed E-state index contributed by atoms with van der Waals surface area (Å²) in [6, 6.07) is 12.9. The summed E-state index contributed by atoms with van der Waals surface area (Å²) < 4.78 is 38.4. The van der Waals surface area contributed by atoms with Crippen LogP contribution in [0.5, 0.6) is 5.75 Å². The minimum absolute atomic E-state index is 0.0358. The number of hydrogen-bond acceptors (Lipinski definition) is 7. The number of amides is 2. The molecule has 2 unspecified atom stereocenters. The van der Waals surface area contributed by atoms with Crippen LogP contribution in [0.3, 0.4) is 0 Å². The summed E-state index contributed by atoms with van der Waals surface area (Å²) in [7, 11) is 0.0588. The van der Waals surface area contributed by atoms with Gasteiger partial charge in [-0.2, -0.15) is 5.10 Å². The summed E-state index contributed by atoms with van der Waals surface area (Å²) in [6.07, 6.45) is 15.1. The van der Waals surface area contributed by atoms with Crippen molar-refractivity contribution in [3.05, 3.63) is 70.5 Å². The highest BCUT2D eigenvalue weighted by Crippen LogP contribution is 2.48. The molecular weight excluding hydrogens is 725 g/mol. The van der Waals surface area contributed by atoms with Crippen LogP contribution in [0, 0.1) is 5.92 Å². The van der Waals surface area contributed by atoms with Gasteiger partial charge in [-0.15, -0.1) is 0 Å². The van der Waals surface area contributed by atoms with Crippen molar-refractivity contribution in [1.82, 2.24) is 28.9 Å². The van der Waals surface area contributed by atoms with Gasteiger partial charge in [0.2, 0.25) is 10.0 Å². The number of sulfonamides is 1. The normalized spacial score (nSPS) is 21.7. The van der Waals surface area contributed by atoms with E-state index in [0.717, 1.165) is 103 Å². The molecule has 11 nitrogen and oxygen atoms in total. The second kappa shape index (κ2) is 14.5. The number of allylic oxidation sites excluding steroid dienone is 1. The number of rotatable bonds is 9. The molecule has 0 radical (unpaired) electrons. The molecule has 5 aliphatic rings. The van der Waals surface area contributed by atoms with Gasteiger partial charge >= 0.3 is 0 Å². The Labute approximate surface area is 330 Å². The van der Waals surface area contributed by atoms with Crippen molar-refractivity contribution in [3.8, 4) is 17.0 Å². The first-order chi connectivity index (χ1) is 27.0. The van der Waals surface area contributed by atoms with E-state index in [-0.39, 0.29) is 23.6 Å². The average Bonchev–Trinajstić information content (AvgIpc) is 3.72. The summed E-state index contributed by atoms with van der Waals surface area (Å²) in [4.78, 5) is 32.9. The largest absolute Gasteiger partial charge is 0.497 e. The van der Waals surface area contributed by atoms with Crippen LogP contribution in [0.1, 0.15) is 128 Å². The van der Waals surface area contributed by atoms with E-state index >= 15 is 0 Å². The molecule has 2 atom stereocenters. The minimum Gasteiger partial charge on any atom is -0.497 e. The Morgan fingerprint density at radius 1 is 0.911 bits per heavy atom. The number of nitrogens with one attached hydrogen (secondary N) is 1. The van der Waals surface area contributed by atoms with E-state index in [9.17, 15) is 18.0 Å². The molecule has 2 aromatic carbocycles. The molecule has 1 N–H and O–H groups in total. The standard InChI is InChI=1S/C44H54N6O5S/c1-27(2)26-56(53,54)46-43(51)29-13-17-37-39(21-29)49-23-31(19-30-20-35(55-4)16-18-36(30)42(49)40(37)28-9-6-5-7-10-28)41-38(22-45-50(41)32-11-8-12-32)44(52)48-24-33-14-15-34(25-48)47(33)3/h13,16-22,27-28,32-34H,5-12,14-15,23-26H2,1-4H3,(H,46,51). The number of hydrogen-bond donors (Lipinski definition) is 1. The number of ether oxygens (including phenoxy) is 1. The number of carbonyl (C=O) groups is 2. The molecule has 2 amide bonds. The minimum atomic E-state index is -3.82. The lowest BCUT2D eigenvalue weighted by Crippen LogP contribution is -2.53. The zero-order valence-corrected chi connectivity index (χ0v) is 33.9. The molecule has 56 heavy (non-hydrogen) atoms. The van der Waals surface area contributed by atoms with Gasteiger partial charge in [-0.3, -0.25) is 19.2 Å². The number of piperazine rings is 1. The monoisotopic (exact) mass is 778 g/mol. The van der Waals surface area contributed by atoms with Gasteiger partial charge in [0.05, 0.1) is 48.6 Å². The zero-order chi connectivity index (χ0) is 38.9. The molecule has 2 saturated carbocycles. The lowest BCUT2D eigenvalue weighted by atomic mass is 9.81. The van der Waals surface area contributed by atoms with Crippen LogP contribution >= 0.6 is 0 Å². The number of benzene rings is 2. The van der Waals surface area contributed by atoms with E-state index < -0.39 is 15.9 Å². The summed E-state index contributed by atoms with van der Waals surface area (Å²) in [5, 5.41) is 6.06. The molecular formula is C44H54N6O5S. The Morgan fingerprint density at radius 3 is 2.34 bits per heavy atom. The predicted molar refractivity (Wildman–Crippen MR) is 219 cm³/mol. The number of carbonyl (C=O) groups excluding carboxylic acids is 2. The Bertz CT molecular complexity index is 2330. The van der Waals surface area contributed by atoms with E-state index in [0.29, 0.717) is 48.8 Å². The zero-order valence-electron chi connectivity index (χ0n) is 33.1. The topological polar surface area (TPSA) is 119 Å². The van der Waals surface area contributed by atoms with Gasteiger partial charge in [0.1, 0.15) is 5.75 Å². The van der Waals surface area contributed by atoms with E-state index in [1.54, 1.807) is 19.4 Å². The molecule has 5 heterocycles. The lowest BCUT2D eigenvalue weighted by molar-refractivity contribution is 0.0523. The second-order valence-corrected chi connectivity index (χ2v) is 19.1. The molecule has 0 spiro atoms. The van der Waals surface area contributed by atoms with Crippen LogP contribution < -0.4 is 9.46 Å². The van der Waals surface area contributed by atoms with E-state index in [1.807, 2.05) is 32.0 Å². The Kier molecular flexibility index (Phi) is 9.63. The van der Waals surface area contributed by atoms with Crippen LogP contribution in [0.4, 0.5) is 0 Å². The van der Waals surface area contributed by atoms with Crippen LogP contribution in [0.25, 0.3) is 33.8 Å². The SMILES string of the molecule is COc1ccc2c(c1)C=C(c1c(C(=O)N3CC4CCC(C3)N4C)cnn1C1CCC1)Cn1c-2c(C2CCCCC2)c2ccc(C(=O)NS(=O)(=O)CC(C)C)cc21. The average molecular weight is 779 g/mol. The maximum Gasteiger partial charge on any atom is 0.264 e. The fraction of sp³-hybridized carbons (Fsp3) is 0.523. The molecule has 2 saturated heterocycles. The lowest BCUT2D eigenvalue weighted by Gasteiger charge is -2.39. The first-order valence-corrected chi connectivity index (χ1v) is 22.3. The Hall–Kier alpha value is -4.42. The van der Waals surface area contributed by atoms with Crippen LogP contribution in [0.15, 0.2) is 42.6 Å². The molecule has 9 rings (SSSR count). The molecule has 2 bridgehead atoms. The number of likely N-dealkylation sites (tertiary alicyclic amines) is 1. The molecule has 4 fully saturated rings. The van der Waals surface area contributed by atoms with E-state index in [1.165, 1.54) is 12.0 Å². The third-order valence-corrected chi connectivity index (χ3v) is 14.8. The predicted octanol–water partition coefficient (Wildman–Crippen LogP) is 7.47. The van der Waals surface area contributed by atoms with E-state index in [4.69, 9.17) is 9.84 Å². The molecule has 3 aliphatic heterocycles. The van der Waals surface area contributed by atoms with Gasteiger partial charge < -0.3 is 14.2 Å². The van der Waals surface area contributed by atoms with Gasteiger partial charge in [0.25, 0.3) is 11.8 Å². The maximum absolute atomic E-state index is 14.7. The Morgan fingerprint density at radius 2 is 1.66 bits per heavy atom. The first kappa shape index (κ1) is 37.2. The van der Waals surface area contributed by atoms with Crippen molar-refractivity contribution in [2.45, 2.75) is 109 Å². The molecule has 2 aromatic heterocycles.